The van der Waals surface area contributed by atoms with Crippen LogP contribution in [-0.2, 0) is 10.0 Å². The van der Waals surface area contributed by atoms with Crippen molar-refractivity contribution in [1.82, 2.24) is 15.6 Å². The summed E-state index contributed by atoms with van der Waals surface area (Å²) in [4.78, 5) is 24.9. The Morgan fingerprint density at radius 2 is 1.48 bits per heavy atom. The molecule has 1 fully saturated rings. The predicted molar refractivity (Wildman–Crippen MR) is 120 cm³/mol. The second-order valence-corrected chi connectivity index (χ2v) is 9.07. The van der Waals surface area contributed by atoms with Gasteiger partial charge in [-0.1, -0.05) is 6.92 Å². The third-order valence-corrected chi connectivity index (χ3v) is 6.33. The average molecular weight is 478 g/mol. The molecule has 1 saturated carbocycles. The standard InChI is InChI=1S/C22H27N3O7S/c1-4-11-32-17-9-5-14(12-19(17)31-3)21(26)23-24-22(27)15-6-10-18(30-2)20(13-15)33(28,29)25-16-7-8-16/h5-6,9-10,12-13,16,25H,4,7-8,11H2,1-3H3,(H,23,26)(H,24,27). The molecule has 3 rings (SSSR count). The summed E-state index contributed by atoms with van der Waals surface area (Å²) in [5, 5.41) is 0. The smallest absolute Gasteiger partial charge is 0.269 e. The number of carbonyl (C=O) groups excluding carboxylic acids is 2. The molecule has 0 atom stereocenters. The Morgan fingerprint density at radius 1 is 0.909 bits per heavy atom. The van der Waals surface area contributed by atoms with E-state index in [0.717, 1.165) is 19.3 Å². The van der Waals surface area contributed by atoms with Gasteiger partial charge in [0, 0.05) is 17.2 Å². The normalized spacial score (nSPS) is 13.2. The molecule has 2 aromatic rings. The number of hydrogen-bond donors (Lipinski definition) is 3. The van der Waals surface area contributed by atoms with Gasteiger partial charge >= 0.3 is 0 Å². The first-order valence-corrected chi connectivity index (χ1v) is 11.9. The summed E-state index contributed by atoms with van der Waals surface area (Å²) in [7, 11) is -1.05. The lowest BCUT2D eigenvalue weighted by Gasteiger charge is -2.13. The number of methoxy groups -OCH3 is 2. The van der Waals surface area contributed by atoms with Crippen molar-refractivity contribution in [3.05, 3.63) is 47.5 Å². The summed E-state index contributed by atoms with van der Waals surface area (Å²) in [6.07, 6.45) is 2.36. The Labute approximate surface area is 192 Å². The van der Waals surface area contributed by atoms with Crippen LogP contribution >= 0.6 is 0 Å². The van der Waals surface area contributed by atoms with E-state index in [2.05, 4.69) is 15.6 Å². The number of sulfonamides is 1. The number of amides is 2. The second-order valence-electron chi connectivity index (χ2n) is 7.38. The largest absolute Gasteiger partial charge is 0.495 e. The summed E-state index contributed by atoms with van der Waals surface area (Å²) in [6, 6.07) is 8.53. The zero-order valence-electron chi connectivity index (χ0n) is 18.6. The molecule has 0 aromatic heterocycles. The molecule has 11 heteroatoms. The number of benzene rings is 2. The fourth-order valence-corrected chi connectivity index (χ4v) is 4.41. The van der Waals surface area contributed by atoms with Crippen LogP contribution in [0.15, 0.2) is 41.3 Å². The Hall–Kier alpha value is -3.31. The summed E-state index contributed by atoms with van der Waals surface area (Å²) >= 11 is 0. The van der Waals surface area contributed by atoms with Crippen LogP contribution in [0.4, 0.5) is 0 Å². The fourth-order valence-electron chi connectivity index (χ4n) is 2.91. The summed E-state index contributed by atoms with van der Waals surface area (Å²) in [5.41, 5.74) is 4.87. The molecule has 0 aliphatic heterocycles. The number of carbonyl (C=O) groups is 2. The lowest BCUT2D eigenvalue weighted by molar-refractivity contribution is 0.0846. The Kier molecular flexibility index (Phi) is 7.77. The Balaban J connectivity index is 1.70. The maximum atomic E-state index is 12.6. The molecule has 10 nitrogen and oxygen atoms in total. The molecule has 0 saturated heterocycles. The lowest BCUT2D eigenvalue weighted by Crippen LogP contribution is -2.41. The van der Waals surface area contributed by atoms with Crippen molar-refractivity contribution in [3.8, 4) is 17.2 Å². The first-order chi connectivity index (χ1) is 15.8. The van der Waals surface area contributed by atoms with Crippen molar-refractivity contribution < 1.29 is 32.2 Å². The molecule has 0 spiro atoms. The van der Waals surface area contributed by atoms with E-state index in [9.17, 15) is 18.0 Å². The average Bonchev–Trinajstić information content (AvgIpc) is 3.63. The van der Waals surface area contributed by atoms with Gasteiger partial charge in [0.05, 0.1) is 20.8 Å². The van der Waals surface area contributed by atoms with Gasteiger partial charge < -0.3 is 14.2 Å². The summed E-state index contributed by atoms with van der Waals surface area (Å²) in [5.74, 6) is -0.271. The van der Waals surface area contributed by atoms with Crippen molar-refractivity contribution in [3.63, 3.8) is 0 Å². The molecular weight excluding hydrogens is 450 g/mol. The van der Waals surface area contributed by atoms with Gasteiger partial charge in [-0.3, -0.25) is 20.4 Å². The first kappa shape index (κ1) is 24.3. The summed E-state index contributed by atoms with van der Waals surface area (Å²) < 4.78 is 43.8. The van der Waals surface area contributed by atoms with Crippen molar-refractivity contribution in [2.75, 3.05) is 20.8 Å². The third-order valence-electron chi connectivity index (χ3n) is 4.79. The van der Waals surface area contributed by atoms with Gasteiger partial charge in [-0.25, -0.2) is 13.1 Å². The van der Waals surface area contributed by atoms with Crippen LogP contribution in [0.3, 0.4) is 0 Å². The minimum atomic E-state index is -3.86. The fraction of sp³-hybridized carbons (Fsp3) is 0.364. The zero-order valence-corrected chi connectivity index (χ0v) is 19.5. The molecule has 1 aliphatic carbocycles. The quantitative estimate of drug-likeness (QED) is 0.446. The monoisotopic (exact) mass is 477 g/mol. The minimum absolute atomic E-state index is 0.0353. The summed E-state index contributed by atoms with van der Waals surface area (Å²) in [6.45, 7) is 2.48. The van der Waals surface area contributed by atoms with E-state index in [-0.39, 0.29) is 27.8 Å². The van der Waals surface area contributed by atoms with Crippen LogP contribution < -0.4 is 29.8 Å². The van der Waals surface area contributed by atoms with Crippen molar-refractivity contribution >= 4 is 21.8 Å². The highest BCUT2D eigenvalue weighted by Gasteiger charge is 2.30. The minimum Gasteiger partial charge on any atom is -0.495 e. The number of hydrogen-bond acceptors (Lipinski definition) is 7. The van der Waals surface area contributed by atoms with Crippen molar-refractivity contribution in [1.29, 1.82) is 0 Å². The van der Waals surface area contributed by atoms with Gasteiger partial charge in [-0.15, -0.1) is 0 Å². The number of hydrazine groups is 1. The molecule has 0 unspecified atom stereocenters. The zero-order chi connectivity index (χ0) is 24.0. The number of nitrogens with one attached hydrogen (secondary N) is 3. The third kappa shape index (κ3) is 6.14. The molecule has 178 valence electrons. The van der Waals surface area contributed by atoms with Crippen LogP contribution in [0, 0.1) is 0 Å². The number of rotatable bonds is 10. The van der Waals surface area contributed by atoms with E-state index in [0.29, 0.717) is 18.1 Å². The topological polar surface area (TPSA) is 132 Å². The van der Waals surface area contributed by atoms with Crippen LogP contribution in [0.2, 0.25) is 0 Å². The molecule has 2 amide bonds. The highest BCUT2D eigenvalue weighted by atomic mass is 32.2. The highest BCUT2D eigenvalue weighted by molar-refractivity contribution is 7.89. The van der Waals surface area contributed by atoms with Crippen LogP contribution in [-0.4, -0.2) is 47.1 Å². The lowest BCUT2D eigenvalue weighted by atomic mass is 10.2. The molecule has 0 radical (unpaired) electrons. The van der Waals surface area contributed by atoms with Crippen LogP contribution in [0.1, 0.15) is 46.9 Å². The highest BCUT2D eigenvalue weighted by Crippen LogP contribution is 2.29. The van der Waals surface area contributed by atoms with E-state index >= 15 is 0 Å². The maximum Gasteiger partial charge on any atom is 0.269 e. The molecule has 33 heavy (non-hydrogen) atoms. The van der Waals surface area contributed by atoms with Gasteiger partial charge in [-0.2, -0.15) is 0 Å². The Bertz CT molecular complexity index is 1130. The predicted octanol–water partition coefficient (Wildman–Crippen LogP) is 2.01. The number of ether oxygens (including phenoxy) is 3. The molecule has 3 N–H and O–H groups in total. The van der Waals surface area contributed by atoms with Gasteiger partial charge in [0.25, 0.3) is 11.8 Å². The van der Waals surface area contributed by atoms with E-state index < -0.39 is 21.8 Å². The van der Waals surface area contributed by atoms with Gasteiger partial charge in [0.2, 0.25) is 10.0 Å². The SMILES string of the molecule is CCCOc1ccc(C(=O)NNC(=O)c2ccc(OC)c(S(=O)(=O)NC3CC3)c2)cc1OC. The van der Waals surface area contributed by atoms with Crippen molar-refractivity contribution in [2.24, 2.45) is 0 Å². The molecule has 0 heterocycles. The second kappa shape index (κ2) is 10.5. The first-order valence-electron chi connectivity index (χ1n) is 10.4. The van der Waals surface area contributed by atoms with Gasteiger partial charge in [-0.05, 0) is 55.7 Å². The van der Waals surface area contributed by atoms with Crippen LogP contribution in [0.5, 0.6) is 17.2 Å². The van der Waals surface area contributed by atoms with E-state index in [1.807, 2.05) is 6.92 Å². The van der Waals surface area contributed by atoms with E-state index in [1.54, 1.807) is 6.07 Å². The van der Waals surface area contributed by atoms with Crippen molar-refractivity contribution in [2.45, 2.75) is 37.1 Å². The van der Waals surface area contributed by atoms with E-state index in [4.69, 9.17) is 14.2 Å². The van der Waals surface area contributed by atoms with Crippen LogP contribution in [0.25, 0.3) is 0 Å². The van der Waals surface area contributed by atoms with Gasteiger partial charge in [0.1, 0.15) is 10.6 Å². The van der Waals surface area contributed by atoms with Gasteiger partial charge in [0.15, 0.2) is 11.5 Å². The molecule has 0 bridgehead atoms. The van der Waals surface area contributed by atoms with E-state index in [1.165, 1.54) is 44.6 Å². The molecule has 2 aromatic carbocycles. The molecule has 1 aliphatic rings. The molecular formula is C22H27N3O7S. The maximum absolute atomic E-state index is 12.6. The Morgan fingerprint density at radius 3 is 2.03 bits per heavy atom.